The third-order valence-corrected chi connectivity index (χ3v) is 9.00. The lowest BCUT2D eigenvalue weighted by atomic mass is 9.85. The molecule has 0 spiro atoms. The zero-order valence-corrected chi connectivity index (χ0v) is 26.7. The largest absolute Gasteiger partial charge is 0.333 e. The highest BCUT2D eigenvalue weighted by Gasteiger charge is 2.43. The topological polar surface area (TPSA) is 112 Å². The van der Waals surface area contributed by atoms with Gasteiger partial charge in [-0.05, 0) is 87.8 Å². The smallest absolute Gasteiger partial charge is 0.324 e. The van der Waals surface area contributed by atoms with Gasteiger partial charge < -0.3 is 15.2 Å². The van der Waals surface area contributed by atoms with E-state index in [2.05, 4.69) is 42.5 Å². The molecule has 2 aromatic carbocycles. The van der Waals surface area contributed by atoms with Gasteiger partial charge in [0.15, 0.2) is 0 Å². The number of carbonyl (C=O) groups excluding carboxylic acids is 2. The lowest BCUT2D eigenvalue weighted by molar-refractivity contribution is 0.0524. The quantitative estimate of drug-likeness (QED) is 0.226. The maximum atomic E-state index is 13.4. The molecule has 234 valence electrons. The molecular formula is C36H42N6O3. The number of rotatable bonds is 6. The zero-order valence-electron chi connectivity index (χ0n) is 26.7. The van der Waals surface area contributed by atoms with E-state index in [9.17, 15) is 14.4 Å². The van der Waals surface area contributed by atoms with Crippen LogP contribution in [0.4, 0.5) is 16.3 Å². The van der Waals surface area contributed by atoms with E-state index in [1.54, 1.807) is 17.7 Å². The molecule has 3 N–H and O–H groups in total. The number of anilines is 2. The van der Waals surface area contributed by atoms with Gasteiger partial charge in [0.1, 0.15) is 5.82 Å². The summed E-state index contributed by atoms with van der Waals surface area (Å²) in [7, 11) is 0. The van der Waals surface area contributed by atoms with E-state index in [0.717, 1.165) is 60.3 Å². The SMILES string of the molecule is Cc1ccc(-n2nc(C(C)(C)C)cc2NC(=O)Nc2cccc(CC3CC4CCC(C3)N4C(=O)c3cc(C)[nH]c(=O)c3)c2)cc1. The molecule has 2 aliphatic rings. The molecule has 2 aromatic heterocycles. The summed E-state index contributed by atoms with van der Waals surface area (Å²) in [6, 6.07) is 21.2. The summed E-state index contributed by atoms with van der Waals surface area (Å²) in [6.45, 7) is 10.1. The number of H-pyrrole nitrogens is 1. The molecule has 2 bridgehead atoms. The fourth-order valence-corrected chi connectivity index (χ4v) is 6.85. The predicted octanol–water partition coefficient (Wildman–Crippen LogP) is 6.74. The third kappa shape index (κ3) is 6.72. The molecule has 4 aromatic rings. The number of piperidine rings is 1. The van der Waals surface area contributed by atoms with Crippen molar-refractivity contribution in [3.8, 4) is 5.69 Å². The first-order valence-corrected chi connectivity index (χ1v) is 15.8. The van der Waals surface area contributed by atoms with Gasteiger partial charge in [0.05, 0.1) is 11.4 Å². The van der Waals surface area contributed by atoms with Gasteiger partial charge in [0, 0.05) is 46.6 Å². The fourth-order valence-electron chi connectivity index (χ4n) is 6.85. The number of fused-ring (bicyclic) bond motifs is 2. The van der Waals surface area contributed by atoms with Crippen molar-refractivity contribution in [3.63, 3.8) is 0 Å². The van der Waals surface area contributed by atoms with Gasteiger partial charge in [-0.3, -0.25) is 14.9 Å². The third-order valence-electron chi connectivity index (χ3n) is 9.00. The van der Waals surface area contributed by atoms with E-state index in [4.69, 9.17) is 5.10 Å². The van der Waals surface area contributed by atoms with Crippen molar-refractivity contribution in [2.24, 2.45) is 5.92 Å². The Kier molecular flexibility index (Phi) is 8.12. The maximum absolute atomic E-state index is 13.4. The van der Waals surface area contributed by atoms with Crippen molar-refractivity contribution in [2.45, 2.75) is 84.2 Å². The minimum absolute atomic E-state index is 0.0364. The first-order chi connectivity index (χ1) is 21.4. The van der Waals surface area contributed by atoms with Crippen molar-refractivity contribution in [1.29, 1.82) is 0 Å². The summed E-state index contributed by atoms with van der Waals surface area (Å²) in [5.74, 6) is 1.01. The Morgan fingerprint density at radius 2 is 1.64 bits per heavy atom. The minimum Gasteiger partial charge on any atom is -0.333 e. The van der Waals surface area contributed by atoms with Crippen molar-refractivity contribution in [3.05, 3.63) is 105 Å². The Bertz CT molecular complexity index is 1770. The lowest BCUT2D eigenvalue weighted by Crippen LogP contribution is -2.47. The highest BCUT2D eigenvalue weighted by atomic mass is 16.2. The standard InChI is InChI=1S/C36H42N6O3/c1-22-9-11-28(12-10-22)42-32(21-31(40-42)36(3,4)5)39-35(45)38-27-8-6-7-24(17-27)16-25-18-29-13-14-30(19-25)41(29)34(44)26-15-23(2)37-33(43)20-26/h6-12,15,17,20-21,25,29-30H,13-14,16,18-19H2,1-5H3,(H,37,43)(H2,38,39,45). The molecule has 2 atom stereocenters. The van der Waals surface area contributed by atoms with Crippen molar-refractivity contribution in [1.82, 2.24) is 19.7 Å². The molecule has 9 nitrogen and oxygen atoms in total. The van der Waals surface area contributed by atoms with Gasteiger partial charge in [-0.25, -0.2) is 9.48 Å². The van der Waals surface area contributed by atoms with E-state index in [1.165, 1.54) is 6.07 Å². The van der Waals surface area contributed by atoms with Gasteiger partial charge in [-0.1, -0.05) is 50.6 Å². The van der Waals surface area contributed by atoms with Crippen LogP contribution in [0.2, 0.25) is 0 Å². The van der Waals surface area contributed by atoms with Gasteiger partial charge in [-0.15, -0.1) is 0 Å². The number of urea groups is 1. The Balaban J connectivity index is 1.11. The summed E-state index contributed by atoms with van der Waals surface area (Å²) in [5.41, 5.74) is 5.54. The number of aromatic amines is 1. The molecule has 3 amide bonds. The van der Waals surface area contributed by atoms with Gasteiger partial charge in [0.25, 0.3) is 5.91 Å². The Hall–Kier alpha value is -4.66. The van der Waals surface area contributed by atoms with Crippen LogP contribution in [-0.2, 0) is 11.8 Å². The molecule has 4 heterocycles. The van der Waals surface area contributed by atoms with Gasteiger partial charge in [-0.2, -0.15) is 5.10 Å². The molecule has 45 heavy (non-hydrogen) atoms. The van der Waals surface area contributed by atoms with Crippen LogP contribution < -0.4 is 16.2 Å². The minimum atomic E-state index is -0.333. The lowest BCUT2D eigenvalue weighted by Gasteiger charge is -2.39. The summed E-state index contributed by atoms with van der Waals surface area (Å²) in [6.07, 6.45) is 4.73. The van der Waals surface area contributed by atoms with Crippen LogP contribution in [-0.4, -0.2) is 43.7 Å². The van der Waals surface area contributed by atoms with Crippen LogP contribution in [0.5, 0.6) is 0 Å². The van der Waals surface area contributed by atoms with Gasteiger partial charge >= 0.3 is 6.03 Å². The number of aromatic nitrogens is 3. The second-order valence-corrected chi connectivity index (χ2v) is 13.7. The number of benzene rings is 2. The second kappa shape index (κ2) is 12.0. The Morgan fingerprint density at radius 3 is 2.31 bits per heavy atom. The molecule has 2 saturated heterocycles. The monoisotopic (exact) mass is 606 g/mol. The van der Waals surface area contributed by atoms with Crippen molar-refractivity contribution >= 4 is 23.4 Å². The van der Waals surface area contributed by atoms with E-state index in [0.29, 0.717) is 23.0 Å². The molecule has 2 fully saturated rings. The first-order valence-electron chi connectivity index (χ1n) is 15.8. The first kappa shape index (κ1) is 30.4. The second-order valence-electron chi connectivity index (χ2n) is 13.7. The van der Waals surface area contributed by atoms with E-state index >= 15 is 0 Å². The van der Waals surface area contributed by atoms with E-state index in [1.807, 2.05) is 60.4 Å². The molecule has 6 rings (SSSR count). The molecule has 0 saturated carbocycles. The Morgan fingerprint density at radius 1 is 0.933 bits per heavy atom. The van der Waals surface area contributed by atoms with Crippen LogP contribution in [0.25, 0.3) is 5.69 Å². The van der Waals surface area contributed by atoms with Crippen LogP contribution in [0, 0.1) is 19.8 Å². The highest BCUT2D eigenvalue weighted by Crippen LogP contribution is 2.41. The highest BCUT2D eigenvalue weighted by molar-refractivity contribution is 5.99. The summed E-state index contributed by atoms with van der Waals surface area (Å²) in [4.78, 5) is 43.3. The van der Waals surface area contributed by atoms with Crippen LogP contribution in [0.1, 0.15) is 79.3 Å². The van der Waals surface area contributed by atoms with Gasteiger partial charge in [0.2, 0.25) is 5.56 Å². The number of carbonyl (C=O) groups is 2. The molecular weight excluding hydrogens is 564 g/mol. The van der Waals surface area contributed by atoms with Crippen LogP contribution in [0.3, 0.4) is 0 Å². The van der Waals surface area contributed by atoms with E-state index in [-0.39, 0.29) is 35.0 Å². The summed E-state index contributed by atoms with van der Waals surface area (Å²) >= 11 is 0. The predicted molar refractivity (Wildman–Crippen MR) is 177 cm³/mol. The normalized spacial score (nSPS) is 19.4. The summed E-state index contributed by atoms with van der Waals surface area (Å²) < 4.78 is 1.78. The molecule has 2 aliphatic heterocycles. The van der Waals surface area contributed by atoms with E-state index < -0.39 is 0 Å². The number of pyridine rings is 1. The van der Waals surface area contributed by atoms with Crippen LogP contribution >= 0.6 is 0 Å². The molecule has 0 radical (unpaired) electrons. The Labute approximate surface area is 264 Å². The average Bonchev–Trinajstić information content (AvgIpc) is 3.51. The summed E-state index contributed by atoms with van der Waals surface area (Å²) in [5, 5.41) is 10.8. The zero-order chi connectivity index (χ0) is 31.9. The number of hydrogen-bond acceptors (Lipinski definition) is 4. The van der Waals surface area contributed by atoms with Crippen molar-refractivity contribution in [2.75, 3.05) is 10.6 Å². The molecule has 2 unspecified atom stereocenters. The molecule has 9 heteroatoms. The molecule has 0 aliphatic carbocycles. The number of hydrogen-bond donors (Lipinski definition) is 3. The maximum Gasteiger partial charge on any atom is 0.324 e. The fraction of sp³-hybridized carbons (Fsp3) is 0.389. The number of aryl methyl sites for hydroxylation is 2. The average molecular weight is 607 g/mol. The number of nitrogens with one attached hydrogen (secondary N) is 3. The number of amides is 3. The number of nitrogens with zero attached hydrogens (tertiary/aromatic N) is 3. The van der Waals surface area contributed by atoms with Crippen LogP contribution in [0.15, 0.2) is 71.5 Å². The van der Waals surface area contributed by atoms with Crippen molar-refractivity contribution < 1.29 is 9.59 Å².